The predicted octanol–water partition coefficient (Wildman–Crippen LogP) is 18.6. The van der Waals surface area contributed by atoms with E-state index in [4.69, 9.17) is 36.5 Å². The minimum absolute atomic E-state index is 0.189. The first-order chi connectivity index (χ1) is 47.1. The molecule has 0 saturated heterocycles. The number of hydrogen-bond acceptors (Lipinski definition) is 9. The van der Waals surface area contributed by atoms with Crippen LogP contribution in [-0.4, -0.2) is 41.2 Å². The summed E-state index contributed by atoms with van der Waals surface area (Å²) in [5.41, 5.74) is 20.9. The number of fused-ring (bicyclic) bond motifs is 7. The Hall–Kier alpha value is -12.9. The first-order valence-electron chi connectivity index (χ1n) is 32.0. The Bertz CT molecular complexity index is 5420. The average Bonchev–Trinajstić information content (AvgIpc) is 1.32. The molecule has 0 unspecified atom stereocenters. The van der Waals surface area contributed by atoms with Crippen molar-refractivity contribution in [3.63, 3.8) is 0 Å². The Balaban J connectivity index is 0.934. The van der Waals surface area contributed by atoms with Crippen LogP contribution in [0.5, 0.6) is 0 Å². The van der Waals surface area contributed by atoms with E-state index in [1.54, 1.807) is 0 Å². The van der Waals surface area contributed by atoms with Gasteiger partial charge in [0.15, 0.2) is 40.6 Å². The van der Waals surface area contributed by atoms with Gasteiger partial charge in [-0.15, -0.1) is 0 Å². The first-order valence-corrected chi connectivity index (χ1v) is 32.0. The van der Waals surface area contributed by atoms with E-state index in [1.807, 2.05) is 158 Å². The van der Waals surface area contributed by atoms with Crippen molar-refractivity contribution in [3.8, 4) is 91.2 Å². The van der Waals surface area contributed by atoms with E-state index in [-0.39, 0.29) is 12.1 Å². The van der Waals surface area contributed by atoms with Crippen LogP contribution in [0.4, 0.5) is 39.8 Å². The molecule has 0 N–H and O–H groups in total. The molecule has 450 valence electrons. The molecule has 12 aromatic carbocycles. The van der Waals surface area contributed by atoms with Crippen LogP contribution in [-0.2, 0) is 5.41 Å². The molecule has 0 spiro atoms. The third kappa shape index (κ3) is 9.83. The summed E-state index contributed by atoms with van der Waals surface area (Å²) >= 11 is 0. The van der Waals surface area contributed by atoms with E-state index in [9.17, 15) is 5.26 Å². The second-order valence-corrected chi connectivity index (χ2v) is 25.3. The Morgan fingerprint density at radius 1 is 0.375 bits per heavy atom. The summed E-state index contributed by atoms with van der Waals surface area (Å²) in [4.78, 5) is 40.2. The lowest BCUT2D eigenvalue weighted by atomic mass is 9.33. The second-order valence-electron chi connectivity index (χ2n) is 25.3. The van der Waals surface area contributed by atoms with E-state index >= 15 is 0 Å². The summed E-state index contributed by atoms with van der Waals surface area (Å²) in [5.74, 6) is 3.14. The molecule has 0 atom stereocenters. The number of rotatable bonds is 10. The molecule has 0 amide bonds. The maximum absolute atomic E-state index is 10.5. The number of hydrogen-bond donors (Lipinski definition) is 0. The van der Waals surface area contributed by atoms with Crippen molar-refractivity contribution in [1.82, 2.24) is 34.5 Å². The van der Waals surface area contributed by atoms with Crippen LogP contribution in [0.15, 0.2) is 285 Å². The van der Waals surface area contributed by atoms with Crippen LogP contribution in [0.1, 0.15) is 31.9 Å². The fraction of sp³-hybridized carbons (Fsp3) is 0.0476. The van der Waals surface area contributed by atoms with E-state index in [0.717, 1.165) is 123 Å². The van der Waals surface area contributed by atoms with E-state index in [2.05, 4.69) is 173 Å². The molecule has 12 heteroatoms. The van der Waals surface area contributed by atoms with Gasteiger partial charge in [-0.2, -0.15) is 5.26 Å². The number of benzene rings is 12. The van der Waals surface area contributed by atoms with E-state index in [0.29, 0.717) is 46.2 Å². The van der Waals surface area contributed by atoms with Crippen molar-refractivity contribution in [3.05, 3.63) is 308 Å². The highest BCUT2D eigenvalue weighted by molar-refractivity contribution is 7.00. The zero-order valence-electron chi connectivity index (χ0n) is 52.6. The molecule has 96 heavy (non-hydrogen) atoms. The third-order valence-corrected chi connectivity index (χ3v) is 18.4. The van der Waals surface area contributed by atoms with Crippen LogP contribution in [0, 0.1) is 17.9 Å². The molecule has 0 bridgehead atoms. The summed E-state index contributed by atoms with van der Waals surface area (Å²) in [6.07, 6.45) is 0. The summed E-state index contributed by atoms with van der Waals surface area (Å²) < 4.78 is 2.36. The Morgan fingerprint density at radius 2 is 0.812 bits per heavy atom. The van der Waals surface area contributed by atoms with Gasteiger partial charge in [-0.3, -0.25) is 0 Å². The first kappa shape index (κ1) is 57.0. The van der Waals surface area contributed by atoms with Crippen molar-refractivity contribution < 1.29 is 0 Å². The minimum Gasteiger partial charge on any atom is -0.313 e. The molecule has 0 saturated carbocycles. The van der Waals surface area contributed by atoms with Crippen molar-refractivity contribution in [1.29, 1.82) is 5.26 Å². The summed E-state index contributed by atoms with van der Waals surface area (Å²) in [7, 11) is 0. The number of aromatic nitrogens is 7. The minimum atomic E-state index is -0.225. The van der Waals surface area contributed by atoms with Crippen LogP contribution < -0.4 is 26.2 Å². The largest absolute Gasteiger partial charge is 0.313 e. The monoisotopic (exact) mass is 1230 g/mol. The molecule has 0 fully saturated rings. The molecule has 5 heterocycles. The molecule has 11 nitrogen and oxygen atoms in total. The smallest absolute Gasteiger partial charge is 0.251 e. The zero-order chi connectivity index (χ0) is 64.6. The van der Waals surface area contributed by atoms with Crippen molar-refractivity contribution >= 4 is 84.7 Å². The lowest BCUT2D eigenvalue weighted by Crippen LogP contribution is -2.61. The fourth-order valence-corrected chi connectivity index (χ4v) is 13.8. The summed E-state index contributed by atoms with van der Waals surface area (Å²) in [6, 6.07) is 101. The number of anilines is 6. The molecule has 17 rings (SSSR count). The molecular formula is C84H56BN11. The SMILES string of the molecule is [C-]#[N+]c1ccc2c(c1)N(c1ccccc1)c1cc(-c3ccc4c(c3)c3cc(C(C)(C)C)ccc3n4-c3ccc(-c4nc(-c5ccccc5)nc(-c5ccccc5)n4)cc3-c3nc(-c4ccccc4)nc(-c4ccccc4)n3)cc3c1B2c1ccc(C#N)cc1N3c1ccccc1. The predicted molar refractivity (Wildman–Crippen MR) is 389 cm³/mol. The third-order valence-electron chi connectivity index (χ3n) is 18.4. The highest BCUT2D eigenvalue weighted by Crippen LogP contribution is 2.48. The van der Waals surface area contributed by atoms with Crippen LogP contribution in [0.25, 0.3) is 112 Å². The standard InChI is InChI=1S/C84H56BN11/c1-84(2,3)61-38-44-71-66(50-61)65-46-58(60-48-75-77-76(49-60)95(64-33-21-10-22-34-64)74-51-62(87-4)39-41-69(74)85(77)68-40-35-53(52-86)45-73(68)94(75)63-31-19-9-20-32-63)36-42-70(65)96(71)72-43-37-59(82-90-78(54-23-11-5-12-24-54)88-79(91-82)55-25-13-6-14-26-55)47-67(72)83-92-80(56-27-15-7-16-28-56)89-81(93-83)57-29-17-8-18-30-57/h5-51H,1-3H3. The quantitative estimate of drug-likeness (QED) is 0.0974. The average molecular weight is 1230 g/mol. The molecular weight excluding hydrogens is 1170 g/mol. The Morgan fingerprint density at radius 3 is 1.30 bits per heavy atom. The molecule has 3 aromatic heterocycles. The van der Waals surface area contributed by atoms with Gasteiger partial charge in [-0.1, -0.05) is 209 Å². The van der Waals surface area contributed by atoms with Gasteiger partial charge in [-0.05, 0) is 136 Å². The van der Waals surface area contributed by atoms with Crippen LogP contribution in [0.2, 0.25) is 0 Å². The topological polar surface area (TPSA) is 117 Å². The summed E-state index contributed by atoms with van der Waals surface area (Å²) in [6.45, 7) is 14.8. The molecule has 0 aliphatic carbocycles. The van der Waals surface area contributed by atoms with Crippen molar-refractivity contribution in [2.75, 3.05) is 9.80 Å². The van der Waals surface area contributed by atoms with Crippen molar-refractivity contribution in [2.45, 2.75) is 26.2 Å². The van der Waals surface area contributed by atoms with E-state index < -0.39 is 0 Å². The van der Waals surface area contributed by atoms with Crippen molar-refractivity contribution in [2.24, 2.45) is 0 Å². The lowest BCUT2D eigenvalue weighted by Gasteiger charge is -2.44. The molecule has 0 radical (unpaired) electrons. The van der Waals surface area contributed by atoms with Gasteiger partial charge in [0.1, 0.15) is 0 Å². The van der Waals surface area contributed by atoms with Crippen LogP contribution >= 0.6 is 0 Å². The zero-order valence-corrected chi connectivity index (χ0v) is 52.6. The van der Waals surface area contributed by atoms with E-state index in [1.165, 1.54) is 5.56 Å². The molecule has 2 aliphatic rings. The molecule has 2 aliphatic heterocycles. The Kier molecular flexibility index (Phi) is 13.7. The lowest BCUT2D eigenvalue weighted by molar-refractivity contribution is 0.591. The normalized spacial score (nSPS) is 12.2. The molecule has 15 aromatic rings. The fourth-order valence-electron chi connectivity index (χ4n) is 13.8. The Labute approximate surface area is 556 Å². The van der Waals surface area contributed by atoms with Gasteiger partial charge in [0.05, 0.1) is 34.9 Å². The number of para-hydroxylation sites is 2. The van der Waals surface area contributed by atoms with Gasteiger partial charge in [-0.25, -0.2) is 34.7 Å². The highest BCUT2D eigenvalue weighted by atomic mass is 15.2. The number of nitrogens with zero attached hydrogens (tertiary/aromatic N) is 11. The van der Waals surface area contributed by atoms with Gasteiger partial charge in [0.2, 0.25) is 0 Å². The second kappa shape index (κ2) is 23.0. The van der Waals surface area contributed by atoms with Gasteiger partial charge in [0.25, 0.3) is 6.71 Å². The highest BCUT2D eigenvalue weighted by Gasteiger charge is 2.44. The van der Waals surface area contributed by atoms with Gasteiger partial charge in [0, 0.05) is 78.3 Å². The maximum Gasteiger partial charge on any atom is 0.251 e. The van der Waals surface area contributed by atoms with Crippen LogP contribution in [0.3, 0.4) is 0 Å². The summed E-state index contributed by atoms with van der Waals surface area (Å²) in [5, 5.41) is 12.7. The maximum atomic E-state index is 10.5. The van der Waals surface area contributed by atoms with Gasteiger partial charge < -0.3 is 14.4 Å². The number of nitriles is 1. The van der Waals surface area contributed by atoms with Gasteiger partial charge >= 0.3 is 0 Å².